The summed E-state index contributed by atoms with van der Waals surface area (Å²) in [6.07, 6.45) is 0. The van der Waals surface area contributed by atoms with Gasteiger partial charge in [-0.05, 0) is 35.7 Å². The molecule has 0 atom stereocenters. The maximum absolute atomic E-state index is 11.3. The van der Waals surface area contributed by atoms with Crippen molar-refractivity contribution in [2.24, 2.45) is 10.2 Å². The van der Waals surface area contributed by atoms with E-state index < -0.39 is 21.8 Å². The molecule has 0 unspecified atom stereocenters. The van der Waals surface area contributed by atoms with E-state index >= 15 is 0 Å². The molecule has 3 aromatic rings. The molecular formula is C19H18N2O6S. The smallest absolute Gasteiger partial charge is 0.339 e. The average molecular weight is 402 g/mol. The van der Waals surface area contributed by atoms with Crippen LogP contribution in [0.3, 0.4) is 0 Å². The fourth-order valence-corrected chi connectivity index (χ4v) is 2.85. The van der Waals surface area contributed by atoms with Crippen LogP contribution in [0.5, 0.6) is 5.75 Å². The molecule has 3 rings (SSSR count). The van der Waals surface area contributed by atoms with Crippen molar-refractivity contribution in [2.45, 2.75) is 18.7 Å². The summed E-state index contributed by atoms with van der Waals surface area (Å²) >= 11 is 0. The third kappa shape index (κ3) is 4.51. The van der Waals surface area contributed by atoms with Crippen molar-refractivity contribution in [2.75, 3.05) is 0 Å². The number of carbonyl (C=O) groups is 1. The van der Waals surface area contributed by atoms with Gasteiger partial charge < -0.3 is 10.2 Å². The Morgan fingerprint density at radius 1 is 0.964 bits per heavy atom. The highest BCUT2D eigenvalue weighted by Crippen LogP contribution is 2.39. The Labute approximate surface area is 161 Å². The summed E-state index contributed by atoms with van der Waals surface area (Å²) < 4.78 is 31.0. The van der Waals surface area contributed by atoms with Crippen LogP contribution < -0.4 is 0 Å². The molecule has 0 bridgehead atoms. The van der Waals surface area contributed by atoms with Gasteiger partial charge in [0, 0.05) is 5.39 Å². The highest BCUT2D eigenvalue weighted by atomic mass is 32.2. The van der Waals surface area contributed by atoms with E-state index in [1.54, 1.807) is 24.3 Å². The van der Waals surface area contributed by atoms with E-state index in [9.17, 15) is 23.4 Å². The lowest BCUT2D eigenvalue weighted by molar-refractivity contribution is 0.0694. The maximum Gasteiger partial charge on any atom is 0.339 e. The molecule has 0 radical (unpaired) electrons. The second-order valence-corrected chi connectivity index (χ2v) is 6.74. The summed E-state index contributed by atoms with van der Waals surface area (Å²) in [6, 6.07) is 13.0. The molecule has 3 N–H and O–H groups in total. The molecule has 3 aromatic carbocycles. The van der Waals surface area contributed by atoms with Gasteiger partial charge in [0.2, 0.25) is 0 Å². The lowest BCUT2D eigenvalue weighted by Gasteiger charge is -2.07. The Bertz CT molecular complexity index is 1140. The molecule has 0 saturated heterocycles. The van der Waals surface area contributed by atoms with Crippen molar-refractivity contribution < 1.29 is 28.0 Å². The van der Waals surface area contributed by atoms with Gasteiger partial charge >= 0.3 is 5.97 Å². The molecule has 0 heterocycles. The number of hydrogen-bond donors (Lipinski definition) is 3. The molecule has 0 saturated carbocycles. The van der Waals surface area contributed by atoms with Crippen LogP contribution in [-0.4, -0.2) is 29.2 Å². The van der Waals surface area contributed by atoms with E-state index in [1.807, 2.05) is 13.8 Å². The van der Waals surface area contributed by atoms with Crippen molar-refractivity contribution in [3.8, 4) is 5.75 Å². The second-order valence-electron chi connectivity index (χ2n) is 5.32. The van der Waals surface area contributed by atoms with E-state index in [-0.39, 0.29) is 21.8 Å². The van der Waals surface area contributed by atoms with E-state index in [0.717, 1.165) is 12.1 Å². The summed E-state index contributed by atoms with van der Waals surface area (Å²) in [6.45, 7) is 4.00. The summed E-state index contributed by atoms with van der Waals surface area (Å²) in [4.78, 5) is 11.0. The SMILES string of the molecule is CC.O=C(O)c1cc2ccccc2c(N=Nc2ccc(S(=O)(=O)O)cc2)c1O. The van der Waals surface area contributed by atoms with Gasteiger partial charge in [-0.25, -0.2) is 4.79 Å². The predicted octanol–water partition coefficient (Wildman–Crippen LogP) is 4.93. The zero-order valence-electron chi connectivity index (χ0n) is 15.1. The molecule has 0 aliphatic carbocycles. The Hall–Kier alpha value is -3.30. The van der Waals surface area contributed by atoms with Gasteiger partial charge in [0.1, 0.15) is 11.3 Å². The molecule has 0 spiro atoms. The first-order valence-corrected chi connectivity index (χ1v) is 9.68. The van der Waals surface area contributed by atoms with Gasteiger partial charge in [0.25, 0.3) is 10.1 Å². The minimum Gasteiger partial charge on any atom is -0.505 e. The van der Waals surface area contributed by atoms with Gasteiger partial charge in [0.15, 0.2) is 5.75 Å². The first-order valence-electron chi connectivity index (χ1n) is 8.24. The highest BCUT2D eigenvalue weighted by Gasteiger charge is 2.17. The molecule has 9 heteroatoms. The molecule has 0 fully saturated rings. The molecule has 8 nitrogen and oxygen atoms in total. The molecule has 28 heavy (non-hydrogen) atoms. The number of aromatic carboxylic acids is 1. The van der Waals surface area contributed by atoms with Gasteiger partial charge in [-0.15, -0.1) is 5.11 Å². The normalized spacial score (nSPS) is 11.2. The number of hydrogen-bond acceptors (Lipinski definition) is 6. The Kier molecular flexibility index (Phi) is 6.45. The van der Waals surface area contributed by atoms with Crippen molar-refractivity contribution >= 4 is 38.2 Å². The second kappa shape index (κ2) is 8.59. The number of nitrogens with zero attached hydrogens (tertiary/aromatic N) is 2. The number of carboxylic acid groups (broad SMARTS) is 1. The minimum absolute atomic E-state index is 0.0145. The Balaban J connectivity index is 0.00000136. The van der Waals surface area contributed by atoms with Crippen LogP contribution in [-0.2, 0) is 10.1 Å². The zero-order valence-corrected chi connectivity index (χ0v) is 15.9. The number of benzene rings is 3. The number of rotatable bonds is 4. The van der Waals surface area contributed by atoms with Crippen LogP contribution in [0.4, 0.5) is 11.4 Å². The summed E-state index contributed by atoms with van der Waals surface area (Å²) in [5.74, 6) is -1.82. The van der Waals surface area contributed by atoms with Crippen LogP contribution >= 0.6 is 0 Å². The average Bonchev–Trinajstić information content (AvgIpc) is 2.68. The number of fused-ring (bicyclic) bond motifs is 1. The van der Waals surface area contributed by atoms with Crippen LogP contribution in [0.25, 0.3) is 10.8 Å². The Morgan fingerprint density at radius 3 is 2.14 bits per heavy atom. The predicted molar refractivity (Wildman–Crippen MR) is 104 cm³/mol. The third-order valence-electron chi connectivity index (χ3n) is 3.63. The van der Waals surface area contributed by atoms with E-state index in [2.05, 4.69) is 10.2 Å². The minimum atomic E-state index is -4.31. The number of phenols is 1. The van der Waals surface area contributed by atoms with Crippen molar-refractivity contribution in [3.63, 3.8) is 0 Å². The fourth-order valence-electron chi connectivity index (χ4n) is 2.37. The van der Waals surface area contributed by atoms with Gasteiger partial charge in [-0.3, -0.25) is 4.55 Å². The first-order chi connectivity index (χ1) is 13.3. The number of azo groups is 1. The summed E-state index contributed by atoms with van der Waals surface area (Å²) in [5, 5.41) is 28.4. The summed E-state index contributed by atoms with van der Waals surface area (Å²) in [7, 11) is -4.31. The number of carboxylic acids is 1. The van der Waals surface area contributed by atoms with Crippen LogP contribution in [0.2, 0.25) is 0 Å². The van der Waals surface area contributed by atoms with Crippen LogP contribution in [0.15, 0.2) is 69.7 Å². The van der Waals surface area contributed by atoms with Crippen molar-refractivity contribution in [3.05, 3.63) is 60.2 Å². The topological polar surface area (TPSA) is 137 Å². The standard InChI is InChI=1S/C17H12N2O6S.C2H6/c20-16-14(17(21)22)9-10-3-1-2-4-13(10)15(16)19-18-11-5-7-12(8-6-11)26(23,24)25;1-2/h1-9,20H,(H,21,22)(H,23,24,25);1-2H3. The van der Waals surface area contributed by atoms with E-state index in [1.165, 1.54) is 18.2 Å². The molecular weight excluding hydrogens is 384 g/mol. The van der Waals surface area contributed by atoms with E-state index in [4.69, 9.17) is 4.55 Å². The quantitative estimate of drug-likeness (QED) is 0.418. The van der Waals surface area contributed by atoms with Crippen LogP contribution in [0.1, 0.15) is 24.2 Å². The molecule has 0 aromatic heterocycles. The zero-order chi connectivity index (χ0) is 20.9. The van der Waals surface area contributed by atoms with E-state index in [0.29, 0.717) is 10.8 Å². The first kappa shape index (κ1) is 21.0. The maximum atomic E-state index is 11.3. The monoisotopic (exact) mass is 402 g/mol. The van der Waals surface area contributed by atoms with Gasteiger partial charge in [-0.1, -0.05) is 38.1 Å². The lowest BCUT2D eigenvalue weighted by Crippen LogP contribution is -1.97. The Morgan fingerprint density at radius 2 is 1.57 bits per heavy atom. The molecule has 0 amide bonds. The largest absolute Gasteiger partial charge is 0.505 e. The fraction of sp³-hybridized carbons (Fsp3) is 0.105. The van der Waals surface area contributed by atoms with Crippen molar-refractivity contribution in [1.29, 1.82) is 0 Å². The van der Waals surface area contributed by atoms with Crippen molar-refractivity contribution in [1.82, 2.24) is 0 Å². The number of aromatic hydroxyl groups is 1. The third-order valence-corrected chi connectivity index (χ3v) is 4.49. The molecule has 0 aliphatic rings. The van der Waals surface area contributed by atoms with Gasteiger partial charge in [0.05, 0.1) is 10.6 Å². The lowest BCUT2D eigenvalue weighted by atomic mass is 10.0. The molecule has 0 aliphatic heterocycles. The molecule has 146 valence electrons. The summed E-state index contributed by atoms with van der Waals surface area (Å²) in [5.41, 5.74) is -0.0691. The van der Waals surface area contributed by atoms with Crippen LogP contribution in [0, 0.1) is 0 Å². The highest BCUT2D eigenvalue weighted by molar-refractivity contribution is 7.85. The van der Waals surface area contributed by atoms with Gasteiger partial charge in [-0.2, -0.15) is 13.5 Å².